The van der Waals surface area contributed by atoms with Crippen LogP contribution in [0, 0.1) is 39.4 Å². The summed E-state index contributed by atoms with van der Waals surface area (Å²) in [4.78, 5) is 40.2. The maximum Gasteiger partial charge on any atom is 0.206 e. The lowest BCUT2D eigenvalue weighted by Crippen LogP contribution is -2.64. The number of ketones is 3. The molecule has 0 heterocycles. The van der Waals surface area contributed by atoms with Crippen LogP contribution in [-0.4, -0.2) is 55.1 Å². The van der Waals surface area contributed by atoms with Crippen LogP contribution >= 0.6 is 0 Å². The van der Waals surface area contributed by atoms with Gasteiger partial charge in [-0.1, -0.05) is 32.4 Å². The minimum absolute atomic E-state index is 0.0387. The Kier molecular flexibility index (Phi) is 6.16. The van der Waals surface area contributed by atoms with Gasteiger partial charge in [0, 0.05) is 30.1 Å². The molecule has 0 aromatic heterocycles. The Balaban J connectivity index is 1.79. The van der Waals surface area contributed by atoms with Gasteiger partial charge in [-0.2, -0.15) is 0 Å². The van der Waals surface area contributed by atoms with Gasteiger partial charge in [0.15, 0.2) is 11.5 Å². The molecule has 4 rings (SSSR count). The van der Waals surface area contributed by atoms with E-state index in [4.69, 9.17) is 0 Å². The minimum Gasteiger partial charge on any atom is -0.505 e. The molecule has 1 unspecified atom stereocenters. The predicted octanol–water partition coefficient (Wildman–Crippen LogP) is 3.84. The summed E-state index contributed by atoms with van der Waals surface area (Å²) in [6, 6.07) is 0. The molecular formula is C30H44O7. The Morgan fingerprint density at radius 1 is 1.05 bits per heavy atom. The highest BCUT2D eigenvalue weighted by molar-refractivity contribution is 6.02. The monoisotopic (exact) mass is 516 g/mol. The molecule has 7 nitrogen and oxygen atoms in total. The third kappa shape index (κ3) is 3.67. The number of carbonyl (C=O) groups is 3. The smallest absolute Gasteiger partial charge is 0.206 e. The summed E-state index contributed by atoms with van der Waals surface area (Å²) >= 11 is 0. The van der Waals surface area contributed by atoms with Gasteiger partial charge in [0.1, 0.15) is 11.4 Å². The van der Waals surface area contributed by atoms with Gasteiger partial charge in [-0.25, -0.2) is 0 Å². The maximum atomic E-state index is 14.2. The number of Topliss-reactive ketones (excluding diaryl/α,β-unsaturated/α-hetero) is 3. The number of hydrogen-bond acceptors (Lipinski definition) is 7. The van der Waals surface area contributed by atoms with Crippen molar-refractivity contribution in [2.24, 2.45) is 39.4 Å². The molecule has 0 saturated heterocycles. The van der Waals surface area contributed by atoms with Gasteiger partial charge in [-0.3, -0.25) is 14.4 Å². The molecule has 2 saturated carbocycles. The van der Waals surface area contributed by atoms with E-state index in [1.54, 1.807) is 27.7 Å². The number of rotatable bonds is 5. The van der Waals surface area contributed by atoms with Crippen LogP contribution in [-0.2, 0) is 14.4 Å². The highest BCUT2D eigenvalue weighted by Gasteiger charge is 2.74. The van der Waals surface area contributed by atoms with Crippen molar-refractivity contribution in [1.82, 2.24) is 0 Å². The van der Waals surface area contributed by atoms with Gasteiger partial charge in [-0.15, -0.1) is 0 Å². The van der Waals surface area contributed by atoms with Crippen LogP contribution in [0.4, 0.5) is 0 Å². The van der Waals surface area contributed by atoms with Gasteiger partial charge in [0.2, 0.25) is 5.78 Å². The van der Waals surface area contributed by atoms with Crippen LogP contribution in [0.15, 0.2) is 23.5 Å². The number of hydrogen-bond donors (Lipinski definition) is 4. The molecule has 7 heteroatoms. The standard InChI is InChI=1S/C30H44O7/c1-25(2,36)12-11-21(33)30(8,37)23-19(32)14-27(5)20-10-9-16-17(13-18(31)24(35)26(16,3)4)29(20,7)22(34)15-28(23,27)6/h9,13,17,19-20,23,31-32,36-37H,10-12,14-15H2,1-8H3/t17-,19-,20+,23+,27+,28-,29+,30?/m1/s1. The third-order valence-electron chi connectivity index (χ3n) is 11.2. The molecule has 8 atom stereocenters. The average Bonchev–Trinajstić information content (AvgIpc) is 2.96. The Morgan fingerprint density at radius 2 is 1.65 bits per heavy atom. The van der Waals surface area contributed by atoms with Crippen LogP contribution in [0.1, 0.15) is 87.5 Å². The summed E-state index contributed by atoms with van der Waals surface area (Å²) in [5.74, 6) is -2.69. The molecule has 206 valence electrons. The summed E-state index contributed by atoms with van der Waals surface area (Å²) < 4.78 is 0. The van der Waals surface area contributed by atoms with Gasteiger partial charge in [-0.05, 0) is 76.7 Å². The van der Waals surface area contributed by atoms with E-state index >= 15 is 0 Å². The largest absolute Gasteiger partial charge is 0.505 e. The van der Waals surface area contributed by atoms with Crippen LogP contribution in [0.5, 0.6) is 0 Å². The molecule has 2 fully saturated rings. The fraction of sp³-hybridized carbons (Fsp3) is 0.767. The molecule has 0 aliphatic heterocycles. The first kappa shape index (κ1) is 28.2. The second-order valence-electron chi connectivity index (χ2n) is 14.3. The summed E-state index contributed by atoms with van der Waals surface area (Å²) in [5, 5.41) is 43.7. The Bertz CT molecular complexity index is 1110. The molecule has 4 aliphatic carbocycles. The molecule has 4 aliphatic rings. The predicted molar refractivity (Wildman–Crippen MR) is 138 cm³/mol. The van der Waals surface area contributed by atoms with Crippen LogP contribution in [0.25, 0.3) is 0 Å². The van der Waals surface area contributed by atoms with Crippen molar-refractivity contribution in [3.05, 3.63) is 23.5 Å². The minimum atomic E-state index is -1.88. The first-order valence-electron chi connectivity index (χ1n) is 13.5. The summed E-state index contributed by atoms with van der Waals surface area (Å²) in [7, 11) is 0. The van der Waals surface area contributed by atoms with E-state index < -0.39 is 56.6 Å². The number of fused-ring (bicyclic) bond motifs is 5. The van der Waals surface area contributed by atoms with E-state index in [1.807, 2.05) is 19.9 Å². The molecule has 4 N–H and O–H groups in total. The summed E-state index contributed by atoms with van der Waals surface area (Å²) in [6.45, 7) is 14.1. The van der Waals surface area contributed by atoms with Crippen LogP contribution < -0.4 is 0 Å². The molecular weight excluding hydrogens is 472 g/mol. The van der Waals surface area contributed by atoms with E-state index in [0.717, 1.165) is 5.57 Å². The van der Waals surface area contributed by atoms with E-state index in [0.29, 0.717) is 12.8 Å². The van der Waals surface area contributed by atoms with Gasteiger partial charge >= 0.3 is 0 Å². The van der Waals surface area contributed by atoms with Crippen molar-refractivity contribution in [3.8, 4) is 0 Å². The van der Waals surface area contributed by atoms with Gasteiger partial charge in [0.05, 0.1) is 17.1 Å². The molecule has 37 heavy (non-hydrogen) atoms. The van der Waals surface area contributed by atoms with E-state index in [-0.39, 0.29) is 42.5 Å². The number of allylic oxidation sites excluding steroid dienone is 4. The van der Waals surface area contributed by atoms with E-state index in [1.165, 1.54) is 13.0 Å². The normalized spacial score (nSPS) is 42.7. The lowest BCUT2D eigenvalue weighted by Gasteiger charge is -2.63. The summed E-state index contributed by atoms with van der Waals surface area (Å²) in [5.41, 5.74) is -5.39. The Hall–Kier alpha value is -1.83. The maximum absolute atomic E-state index is 14.2. The SMILES string of the molecule is CC(C)(O)CCC(=O)C(C)(O)[C@H]1[C@H](O)C[C@@]2(C)[C@@H]3CC=C4[C@@H](C=C(O)C(=O)C4(C)C)[C@]3(C)C(=O)C[C@]12C. The van der Waals surface area contributed by atoms with Crippen molar-refractivity contribution in [2.75, 3.05) is 0 Å². The quantitative estimate of drug-likeness (QED) is 0.408. The van der Waals surface area contributed by atoms with Crippen molar-refractivity contribution < 1.29 is 34.8 Å². The number of aliphatic hydroxyl groups excluding tert-OH is 2. The first-order chi connectivity index (χ1) is 16.7. The second-order valence-corrected chi connectivity index (χ2v) is 14.3. The van der Waals surface area contributed by atoms with Crippen LogP contribution in [0.2, 0.25) is 0 Å². The first-order valence-corrected chi connectivity index (χ1v) is 13.5. The highest BCUT2D eigenvalue weighted by atomic mass is 16.3. The van der Waals surface area contributed by atoms with Gasteiger partial charge < -0.3 is 20.4 Å². The molecule has 0 aromatic rings. The lowest BCUT2D eigenvalue weighted by molar-refractivity contribution is -0.181. The van der Waals surface area contributed by atoms with E-state index in [9.17, 15) is 34.8 Å². The topological polar surface area (TPSA) is 132 Å². The Morgan fingerprint density at radius 3 is 2.22 bits per heavy atom. The van der Waals surface area contributed by atoms with Crippen molar-refractivity contribution >= 4 is 17.3 Å². The Labute approximate surface area is 220 Å². The molecule has 0 aromatic carbocycles. The van der Waals surface area contributed by atoms with Gasteiger partial charge in [0.25, 0.3) is 0 Å². The third-order valence-corrected chi connectivity index (χ3v) is 11.2. The molecule has 0 spiro atoms. The lowest BCUT2D eigenvalue weighted by atomic mass is 9.39. The summed E-state index contributed by atoms with van der Waals surface area (Å²) in [6.07, 6.45) is 3.64. The number of carbonyl (C=O) groups excluding carboxylic acids is 3. The fourth-order valence-corrected chi connectivity index (χ4v) is 8.82. The number of aliphatic hydroxyl groups is 4. The second kappa shape index (κ2) is 8.09. The van der Waals surface area contributed by atoms with Crippen LogP contribution in [0.3, 0.4) is 0 Å². The zero-order chi connectivity index (χ0) is 28.1. The zero-order valence-corrected chi connectivity index (χ0v) is 23.5. The molecule has 0 radical (unpaired) electrons. The van der Waals surface area contributed by atoms with Crippen molar-refractivity contribution in [3.63, 3.8) is 0 Å². The van der Waals surface area contributed by atoms with E-state index in [2.05, 4.69) is 6.92 Å². The zero-order valence-electron chi connectivity index (χ0n) is 23.5. The molecule has 0 bridgehead atoms. The van der Waals surface area contributed by atoms with Crippen molar-refractivity contribution in [2.45, 2.75) is 105 Å². The highest BCUT2D eigenvalue weighted by Crippen LogP contribution is 2.73. The molecule has 0 amide bonds. The average molecular weight is 517 g/mol. The fourth-order valence-electron chi connectivity index (χ4n) is 8.82. The van der Waals surface area contributed by atoms with Crippen molar-refractivity contribution in [1.29, 1.82) is 0 Å².